The van der Waals surface area contributed by atoms with E-state index in [1.807, 2.05) is 66.0 Å². The topological polar surface area (TPSA) is 94.3 Å². The first-order valence-corrected chi connectivity index (χ1v) is 16.2. The number of anilines is 2. The maximum absolute atomic E-state index is 13.6. The van der Waals surface area contributed by atoms with Gasteiger partial charge in [0.2, 0.25) is 0 Å². The van der Waals surface area contributed by atoms with Crippen LogP contribution in [0.25, 0.3) is 49.4 Å². The Morgan fingerprint density at radius 1 is 0.870 bits per heavy atom. The lowest BCUT2D eigenvalue weighted by atomic mass is 9.97. The fourth-order valence-corrected chi connectivity index (χ4v) is 7.07. The van der Waals surface area contributed by atoms with E-state index in [4.69, 9.17) is 15.5 Å². The summed E-state index contributed by atoms with van der Waals surface area (Å²) in [6.45, 7) is 0. The third-order valence-electron chi connectivity index (χ3n) is 7.72. The van der Waals surface area contributed by atoms with Crippen molar-refractivity contribution >= 4 is 72.8 Å². The van der Waals surface area contributed by atoms with E-state index >= 15 is 0 Å². The Balaban J connectivity index is 1.26. The molecule has 3 heterocycles. The van der Waals surface area contributed by atoms with Gasteiger partial charge in [-0.1, -0.05) is 60.7 Å². The van der Waals surface area contributed by atoms with E-state index in [1.54, 1.807) is 54.9 Å². The highest BCUT2D eigenvalue weighted by atomic mass is 32.1. The number of amides is 1. The van der Waals surface area contributed by atoms with E-state index in [0.717, 1.165) is 38.0 Å². The zero-order valence-electron chi connectivity index (χ0n) is 24.7. The van der Waals surface area contributed by atoms with Crippen molar-refractivity contribution < 1.29 is 14.3 Å². The summed E-state index contributed by atoms with van der Waals surface area (Å²) in [6.07, 6.45) is 3.35. The minimum Gasteiger partial charge on any atom is -0.497 e. The van der Waals surface area contributed by atoms with Crippen LogP contribution in [-0.4, -0.2) is 23.8 Å². The predicted octanol–water partition coefficient (Wildman–Crippen LogP) is 9.58. The second-order valence-corrected chi connectivity index (χ2v) is 12.6. The number of carbonyl (C=O) groups is 2. The number of ketones is 1. The van der Waals surface area contributed by atoms with Crippen LogP contribution in [0.2, 0.25) is 0 Å². The molecule has 3 N–H and O–H groups in total. The lowest BCUT2D eigenvalue weighted by Crippen LogP contribution is -2.12. The summed E-state index contributed by atoms with van der Waals surface area (Å²) in [5.41, 5.74) is 11.7. The smallest absolute Gasteiger partial charge is 0.267 e. The molecule has 0 radical (unpaired) electrons. The molecule has 3 aromatic heterocycles. The van der Waals surface area contributed by atoms with Crippen molar-refractivity contribution in [3.63, 3.8) is 0 Å². The first-order chi connectivity index (χ1) is 22.5. The molecule has 46 heavy (non-hydrogen) atoms. The summed E-state index contributed by atoms with van der Waals surface area (Å²) < 4.78 is 5.52. The van der Waals surface area contributed by atoms with Gasteiger partial charge in [-0.3, -0.25) is 9.59 Å². The fraction of sp³-hybridized carbons (Fsp3) is 0.0263. The number of rotatable bonds is 8. The van der Waals surface area contributed by atoms with E-state index < -0.39 is 0 Å². The number of nitrogens with zero attached hydrogens (tertiary/aromatic N) is 1. The lowest BCUT2D eigenvalue weighted by molar-refractivity contribution is 0.102. The van der Waals surface area contributed by atoms with Crippen LogP contribution in [0.15, 0.2) is 121 Å². The van der Waals surface area contributed by atoms with E-state index in [-0.39, 0.29) is 11.7 Å². The van der Waals surface area contributed by atoms with Crippen molar-refractivity contribution in [2.75, 3.05) is 18.2 Å². The Hall–Kier alpha value is -5.57. The van der Waals surface area contributed by atoms with Crippen LogP contribution in [0.4, 0.5) is 11.4 Å². The van der Waals surface area contributed by atoms with Crippen molar-refractivity contribution in [1.29, 1.82) is 0 Å². The molecule has 0 spiro atoms. The molecule has 0 aliphatic heterocycles. The molecule has 224 valence electrons. The van der Waals surface area contributed by atoms with Gasteiger partial charge in [-0.2, -0.15) is 0 Å². The number of benzene rings is 4. The number of nitrogen functional groups attached to an aromatic ring is 1. The Morgan fingerprint density at radius 2 is 1.67 bits per heavy atom. The molecular weight excluding hydrogens is 611 g/mol. The molecule has 7 rings (SSSR count). The molecule has 0 aliphatic rings. The summed E-state index contributed by atoms with van der Waals surface area (Å²) in [5.74, 6) is 0.253. The second kappa shape index (κ2) is 12.4. The molecule has 0 bridgehead atoms. The van der Waals surface area contributed by atoms with Gasteiger partial charge >= 0.3 is 0 Å². The van der Waals surface area contributed by atoms with Crippen molar-refractivity contribution in [3.8, 4) is 28.1 Å². The molecular formula is C38H27N3O3S2. The summed E-state index contributed by atoms with van der Waals surface area (Å²) in [6, 6.07) is 34.9. The molecule has 0 aliphatic carbocycles. The van der Waals surface area contributed by atoms with E-state index in [0.29, 0.717) is 37.8 Å². The van der Waals surface area contributed by atoms with Gasteiger partial charge in [0.1, 0.15) is 15.5 Å². The van der Waals surface area contributed by atoms with Crippen LogP contribution in [0.3, 0.4) is 0 Å². The summed E-state index contributed by atoms with van der Waals surface area (Å²) in [5, 5.41) is 7.82. The molecule has 4 aromatic carbocycles. The number of pyridine rings is 1. The summed E-state index contributed by atoms with van der Waals surface area (Å²) in [4.78, 5) is 33.3. The van der Waals surface area contributed by atoms with Gasteiger partial charge in [-0.25, -0.2) is 4.98 Å². The number of methoxy groups -OCH3 is 1. The zero-order valence-corrected chi connectivity index (χ0v) is 26.3. The molecule has 1 amide bonds. The highest BCUT2D eigenvalue weighted by Gasteiger charge is 2.22. The lowest BCUT2D eigenvalue weighted by Gasteiger charge is -2.11. The molecule has 0 unspecified atom stereocenters. The number of carbonyl (C=O) groups excluding carboxylic acids is 2. The number of nitrogens with one attached hydrogen (secondary N) is 1. The number of ether oxygens (including phenoxy) is 1. The normalized spacial score (nSPS) is 11.3. The van der Waals surface area contributed by atoms with Gasteiger partial charge in [0.05, 0.1) is 18.5 Å². The molecule has 7 aromatic rings. The molecule has 0 saturated heterocycles. The first kappa shape index (κ1) is 29.2. The van der Waals surface area contributed by atoms with Crippen molar-refractivity contribution in [3.05, 3.63) is 136 Å². The van der Waals surface area contributed by atoms with Crippen molar-refractivity contribution in [1.82, 2.24) is 4.98 Å². The average Bonchev–Trinajstić information content (AvgIpc) is 3.74. The van der Waals surface area contributed by atoms with E-state index in [2.05, 4.69) is 29.6 Å². The highest BCUT2D eigenvalue weighted by molar-refractivity contribution is 7.21. The van der Waals surface area contributed by atoms with Crippen LogP contribution >= 0.6 is 22.7 Å². The number of aromatic nitrogens is 1. The zero-order chi connectivity index (χ0) is 31.6. The third kappa shape index (κ3) is 5.67. The highest BCUT2D eigenvalue weighted by Crippen LogP contribution is 2.43. The number of fused-ring (bicyclic) bond motifs is 2. The monoisotopic (exact) mass is 637 g/mol. The molecule has 0 saturated carbocycles. The fourth-order valence-electron chi connectivity index (χ4n) is 5.44. The molecule has 0 fully saturated rings. The minimum atomic E-state index is -0.347. The summed E-state index contributed by atoms with van der Waals surface area (Å²) >= 11 is 2.82. The predicted molar refractivity (Wildman–Crippen MR) is 191 cm³/mol. The Bertz CT molecular complexity index is 2260. The molecule has 8 heteroatoms. The average molecular weight is 638 g/mol. The number of hydrogen-bond acceptors (Lipinski definition) is 7. The maximum Gasteiger partial charge on any atom is 0.267 e. The Morgan fingerprint density at radius 3 is 2.48 bits per heavy atom. The Kier molecular flexibility index (Phi) is 7.88. The van der Waals surface area contributed by atoms with Crippen molar-refractivity contribution in [2.45, 2.75) is 0 Å². The van der Waals surface area contributed by atoms with Crippen LogP contribution in [0.1, 0.15) is 24.9 Å². The first-order valence-electron chi connectivity index (χ1n) is 14.5. The van der Waals surface area contributed by atoms with E-state index in [1.165, 1.54) is 11.3 Å². The van der Waals surface area contributed by atoms with Gasteiger partial charge in [0.25, 0.3) is 5.91 Å². The maximum atomic E-state index is 13.6. The second-order valence-electron chi connectivity index (χ2n) is 10.6. The van der Waals surface area contributed by atoms with Crippen molar-refractivity contribution in [2.24, 2.45) is 0 Å². The minimum absolute atomic E-state index is 0.113. The van der Waals surface area contributed by atoms with Gasteiger partial charge in [-0.15, -0.1) is 22.7 Å². The van der Waals surface area contributed by atoms with Gasteiger partial charge in [0, 0.05) is 27.1 Å². The number of thiophene rings is 2. The molecule has 6 nitrogen and oxygen atoms in total. The number of nitrogens with two attached hydrogens (primary N) is 1. The molecule has 0 atom stereocenters. The third-order valence-corrected chi connectivity index (χ3v) is 9.66. The largest absolute Gasteiger partial charge is 0.497 e. The number of allylic oxidation sites excluding steroid dienone is 1. The van der Waals surface area contributed by atoms with Gasteiger partial charge in [-0.05, 0) is 88.0 Å². The Labute approximate surface area is 273 Å². The number of hydrogen-bond donors (Lipinski definition) is 2. The van der Waals surface area contributed by atoms with Crippen LogP contribution < -0.4 is 15.8 Å². The standard InChI is InChI=1S/C38H27N3O3S2/c1-44-27-10-4-9-25(21-27)31-22-32(30-13-5-8-23-7-2-3-12-29(23)30)41-38-34(31)35(39)36(46-38)37(43)40-26-16-14-24(15-17-26)33(42)19-18-28-11-6-20-45-28/h2-22H,39H2,1H3,(H,40,43). The summed E-state index contributed by atoms with van der Waals surface area (Å²) in [7, 11) is 1.63. The van der Waals surface area contributed by atoms with E-state index in [9.17, 15) is 9.59 Å². The van der Waals surface area contributed by atoms with Gasteiger partial charge in [0.15, 0.2) is 5.78 Å². The quantitative estimate of drug-likeness (QED) is 0.128. The van der Waals surface area contributed by atoms with Crippen LogP contribution in [0.5, 0.6) is 5.75 Å². The van der Waals surface area contributed by atoms with Crippen LogP contribution in [0, 0.1) is 0 Å². The van der Waals surface area contributed by atoms with Crippen LogP contribution in [-0.2, 0) is 0 Å². The van der Waals surface area contributed by atoms with Gasteiger partial charge < -0.3 is 15.8 Å². The SMILES string of the molecule is COc1cccc(-c2cc(-c3cccc4ccccc34)nc3sc(C(=O)Nc4ccc(C(=O)C=Cc5cccs5)cc4)c(N)c23)c1.